The Morgan fingerprint density at radius 3 is 2.74 bits per heavy atom. The number of rotatable bonds is 6. The number of pyridine rings is 1. The average Bonchev–Trinajstić information content (AvgIpc) is 2.67. The second-order valence-electron chi connectivity index (χ2n) is 8.04. The lowest BCUT2D eigenvalue weighted by molar-refractivity contribution is -0.126. The molecule has 2 fully saturated rings. The zero-order chi connectivity index (χ0) is 19.1. The molecule has 2 aliphatic rings. The highest BCUT2D eigenvalue weighted by atomic mass is 16.2. The third kappa shape index (κ3) is 6.31. The maximum absolute atomic E-state index is 12.6. The smallest absolute Gasteiger partial charge is 0.234 e. The molecule has 0 aromatic carbocycles. The lowest BCUT2D eigenvalue weighted by Crippen LogP contribution is -2.46. The van der Waals surface area contributed by atoms with Gasteiger partial charge >= 0.3 is 0 Å². The Morgan fingerprint density at radius 2 is 1.96 bits per heavy atom. The van der Waals surface area contributed by atoms with Crippen LogP contribution in [0.4, 0.5) is 5.82 Å². The summed E-state index contributed by atoms with van der Waals surface area (Å²) in [6.45, 7) is 4.61. The minimum absolute atomic E-state index is 0.000383. The largest absolute Gasteiger partial charge is 0.355 e. The molecule has 0 radical (unpaired) electrons. The predicted octanol–water partition coefficient (Wildman–Crippen LogP) is 2.74. The minimum atomic E-state index is -0.0905. The van der Waals surface area contributed by atoms with E-state index in [0.29, 0.717) is 24.8 Å². The first kappa shape index (κ1) is 19.8. The van der Waals surface area contributed by atoms with E-state index in [2.05, 4.69) is 20.5 Å². The van der Waals surface area contributed by atoms with Crippen molar-refractivity contribution in [2.24, 2.45) is 11.8 Å². The first-order chi connectivity index (χ1) is 13.1. The van der Waals surface area contributed by atoms with Crippen molar-refractivity contribution in [1.29, 1.82) is 0 Å². The normalized spacial score (nSPS) is 21.6. The number of nitrogens with one attached hydrogen (secondary N) is 2. The fourth-order valence-corrected chi connectivity index (χ4v) is 4.16. The summed E-state index contributed by atoms with van der Waals surface area (Å²) in [5, 5.41) is 6.02. The Labute approximate surface area is 162 Å². The van der Waals surface area contributed by atoms with Crippen LogP contribution in [-0.4, -0.2) is 47.9 Å². The van der Waals surface area contributed by atoms with Crippen molar-refractivity contribution < 1.29 is 9.59 Å². The summed E-state index contributed by atoms with van der Waals surface area (Å²) < 4.78 is 0. The molecular weight excluding hydrogens is 340 g/mol. The van der Waals surface area contributed by atoms with Gasteiger partial charge in [-0.2, -0.15) is 0 Å². The molecule has 1 aromatic rings. The van der Waals surface area contributed by atoms with Gasteiger partial charge in [-0.1, -0.05) is 25.3 Å². The van der Waals surface area contributed by atoms with E-state index in [1.807, 2.05) is 25.1 Å². The van der Waals surface area contributed by atoms with Gasteiger partial charge in [-0.05, 0) is 57.2 Å². The van der Waals surface area contributed by atoms with Crippen LogP contribution < -0.4 is 10.6 Å². The lowest BCUT2D eigenvalue weighted by atomic mass is 9.89. The number of aryl methyl sites for hydroxylation is 1. The van der Waals surface area contributed by atoms with E-state index >= 15 is 0 Å². The summed E-state index contributed by atoms with van der Waals surface area (Å²) in [4.78, 5) is 31.3. The molecule has 2 N–H and O–H groups in total. The summed E-state index contributed by atoms with van der Waals surface area (Å²) in [5.74, 6) is 1.24. The second-order valence-corrected chi connectivity index (χ2v) is 8.04. The summed E-state index contributed by atoms with van der Waals surface area (Å²) >= 11 is 0. The molecule has 148 valence electrons. The van der Waals surface area contributed by atoms with Crippen LogP contribution in [-0.2, 0) is 9.59 Å². The van der Waals surface area contributed by atoms with Crippen molar-refractivity contribution >= 4 is 17.6 Å². The first-order valence-corrected chi connectivity index (χ1v) is 10.3. The van der Waals surface area contributed by atoms with Crippen molar-refractivity contribution in [1.82, 2.24) is 15.2 Å². The van der Waals surface area contributed by atoms with Crippen molar-refractivity contribution in [3.8, 4) is 0 Å². The highest BCUT2D eigenvalue weighted by Gasteiger charge is 2.27. The summed E-state index contributed by atoms with van der Waals surface area (Å²) in [6.07, 6.45) is 8.18. The third-order valence-electron chi connectivity index (χ3n) is 5.70. The van der Waals surface area contributed by atoms with E-state index < -0.39 is 0 Å². The number of piperidine rings is 1. The molecule has 1 unspecified atom stereocenters. The number of hydrogen-bond donors (Lipinski definition) is 2. The SMILES string of the molecule is Cc1cccc(NC(=O)C2CCCN(CC(=O)NCC3CCCCC3)C2)n1. The number of carbonyl (C=O) groups is 2. The van der Waals surface area contributed by atoms with Gasteiger partial charge in [0.15, 0.2) is 0 Å². The van der Waals surface area contributed by atoms with Crippen LogP contribution in [0.5, 0.6) is 0 Å². The molecule has 3 rings (SSSR count). The van der Waals surface area contributed by atoms with E-state index in [1.165, 1.54) is 32.1 Å². The maximum Gasteiger partial charge on any atom is 0.234 e. The fraction of sp³-hybridized carbons (Fsp3) is 0.667. The number of carbonyl (C=O) groups excluding carboxylic acids is 2. The van der Waals surface area contributed by atoms with Gasteiger partial charge in [0.2, 0.25) is 11.8 Å². The summed E-state index contributed by atoms with van der Waals surface area (Å²) in [5.41, 5.74) is 0.882. The lowest BCUT2D eigenvalue weighted by Gasteiger charge is -2.31. The van der Waals surface area contributed by atoms with Gasteiger partial charge in [-0.25, -0.2) is 4.98 Å². The molecule has 0 bridgehead atoms. The van der Waals surface area contributed by atoms with Gasteiger partial charge in [0, 0.05) is 18.8 Å². The van der Waals surface area contributed by atoms with E-state index in [-0.39, 0.29) is 17.7 Å². The molecule has 1 aliphatic carbocycles. The van der Waals surface area contributed by atoms with Gasteiger partial charge in [0.25, 0.3) is 0 Å². The Balaban J connectivity index is 1.42. The molecular formula is C21H32N4O2. The monoisotopic (exact) mass is 372 g/mol. The minimum Gasteiger partial charge on any atom is -0.355 e. The standard InChI is InChI=1S/C21H32N4O2/c1-16-7-5-11-19(23-16)24-21(27)18-10-6-12-25(14-18)15-20(26)22-13-17-8-3-2-4-9-17/h5,7,11,17-18H,2-4,6,8-10,12-15H2,1H3,(H,22,26)(H,23,24,27). The number of nitrogens with zero attached hydrogens (tertiary/aromatic N) is 2. The maximum atomic E-state index is 12.6. The molecule has 1 aromatic heterocycles. The zero-order valence-corrected chi connectivity index (χ0v) is 16.4. The van der Waals surface area contributed by atoms with E-state index in [4.69, 9.17) is 0 Å². The number of hydrogen-bond acceptors (Lipinski definition) is 4. The van der Waals surface area contributed by atoms with Gasteiger partial charge in [0.1, 0.15) is 5.82 Å². The average molecular weight is 373 g/mol. The van der Waals surface area contributed by atoms with Crippen molar-refractivity contribution in [2.45, 2.75) is 51.9 Å². The molecule has 1 atom stereocenters. The molecule has 2 heterocycles. The Kier molecular flexibility index (Phi) is 7.21. The number of aromatic nitrogens is 1. The molecule has 1 saturated carbocycles. The summed E-state index contributed by atoms with van der Waals surface area (Å²) in [7, 11) is 0. The van der Waals surface area contributed by atoms with Crippen LogP contribution >= 0.6 is 0 Å². The Morgan fingerprint density at radius 1 is 1.15 bits per heavy atom. The van der Waals surface area contributed by atoms with Crippen molar-refractivity contribution in [3.63, 3.8) is 0 Å². The molecule has 1 aliphatic heterocycles. The van der Waals surface area contributed by atoms with Gasteiger partial charge in [0.05, 0.1) is 12.5 Å². The van der Waals surface area contributed by atoms with Crippen LogP contribution in [0.2, 0.25) is 0 Å². The Hall–Kier alpha value is -1.95. The molecule has 27 heavy (non-hydrogen) atoms. The van der Waals surface area contributed by atoms with Gasteiger partial charge < -0.3 is 10.6 Å². The fourth-order valence-electron chi connectivity index (χ4n) is 4.16. The van der Waals surface area contributed by atoms with E-state index in [0.717, 1.165) is 31.6 Å². The van der Waals surface area contributed by atoms with Crippen LogP contribution in [0.15, 0.2) is 18.2 Å². The third-order valence-corrected chi connectivity index (χ3v) is 5.70. The quantitative estimate of drug-likeness (QED) is 0.805. The molecule has 6 heteroatoms. The van der Waals surface area contributed by atoms with Crippen LogP contribution in [0, 0.1) is 18.8 Å². The molecule has 6 nitrogen and oxygen atoms in total. The molecule has 1 saturated heterocycles. The van der Waals surface area contributed by atoms with Crippen LogP contribution in [0.1, 0.15) is 50.6 Å². The highest BCUT2D eigenvalue weighted by Crippen LogP contribution is 2.23. The second kappa shape index (κ2) is 9.83. The summed E-state index contributed by atoms with van der Waals surface area (Å²) in [6, 6.07) is 5.61. The van der Waals surface area contributed by atoms with E-state index in [1.54, 1.807) is 0 Å². The number of anilines is 1. The number of amides is 2. The topological polar surface area (TPSA) is 74.3 Å². The Bertz CT molecular complexity index is 643. The number of likely N-dealkylation sites (tertiary alicyclic amines) is 1. The zero-order valence-electron chi connectivity index (χ0n) is 16.4. The van der Waals surface area contributed by atoms with Crippen molar-refractivity contribution in [2.75, 3.05) is 31.5 Å². The van der Waals surface area contributed by atoms with Gasteiger partial charge in [-0.15, -0.1) is 0 Å². The molecule has 2 amide bonds. The first-order valence-electron chi connectivity index (χ1n) is 10.3. The highest BCUT2D eigenvalue weighted by molar-refractivity contribution is 5.92. The van der Waals surface area contributed by atoms with Gasteiger partial charge in [-0.3, -0.25) is 14.5 Å². The molecule has 0 spiro atoms. The van der Waals surface area contributed by atoms with Crippen LogP contribution in [0.3, 0.4) is 0 Å². The van der Waals surface area contributed by atoms with E-state index in [9.17, 15) is 9.59 Å². The van der Waals surface area contributed by atoms with Crippen LogP contribution in [0.25, 0.3) is 0 Å². The predicted molar refractivity (Wildman–Crippen MR) is 106 cm³/mol. The van der Waals surface area contributed by atoms with Crippen molar-refractivity contribution in [3.05, 3.63) is 23.9 Å².